The molecule has 1 aliphatic carbocycles. The van der Waals surface area contributed by atoms with Gasteiger partial charge < -0.3 is 14.6 Å². The Bertz CT molecular complexity index is 1020. The molecule has 1 unspecified atom stereocenters. The number of hydrogen-bond acceptors (Lipinski definition) is 3. The lowest BCUT2D eigenvalue weighted by Crippen LogP contribution is -2.59. The standard InChI is InChI=1S/C22H24F3N3O2/c1-21-10-15-11-26-18-4-2-3-16(19(15)18)17(21)9-14(12-28(21)13-22(23,24)25)20(29)27-5-7-30-8-6-27/h2-4,9,11,14,26H,5-8,10,12-13H2,1H3/t14-,21?/m1/s1. The molecule has 1 aromatic heterocycles. The number of alkyl halides is 3. The van der Waals surface area contributed by atoms with Crippen molar-refractivity contribution in [2.75, 3.05) is 39.4 Å². The Kier molecular flexibility index (Phi) is 4.48. The number of carbonyl (C=O) groups excluding carboxylic acids is 1. The van der Waals surface area contributed by atoms with Crippen LogP contribution in [0.4, 0.5) is 13.2 Å². The smallest absolute Gasteiger partial charge is 0.378 e. The fourth-order valence-corrected chi connectivity index (χ4v) is 5.24. The van der Waals surface area contributed by atoms with Gasteiger partial charge in [-0.25, -0.2) is 0 Å². The molecule has 1 fully saturated rings. The van der Waals surface area contributed by atoms with Crippen LogP contribution in [0.5, 0.6) is 0 Å². The van der Waals surface area contributed by atoms with E-state index in [1.54, 1.807) is 4.90 Å². The molecule has 1 N–H and O–H groups in total. The Morgan fingerprint density at radius 1 is 1.30 bits per heavy atom. The minimum atomic E-state index is -4.34. The normalized spacial score (nSPS) is 27.1. The maximum atomic E-state index is 13.5. The summed E-state index contributed by atoms with van der Waals surface area (Å²) < 4.78 is 45.9. The van der Waals surface area contributed by atoms with Crippen molar-refractivity contribution in [3.8, 4) is 0 Å². The monoisotopic (exact) mass is 419 g/mol. The van der Waals surface area contributed by atoms with Crippen LogP contribution in [0.3, 0.4) is 0 Å². The van der Waals surface area contributed by atoms with E-state index in [9.17, 15) is 18.0 Å². The van der Waals surface area contributed by atoms with E-state index in [0.29, 0.717) is 32.7 Å². The van der Waals surface area contributed by atoms with Gasteiger partial charge in [0.25, 0.3) is 0 Å². The van der Waals surface area contributed by atoms with Gasteiger partial charge in [-0.15, -0.1) is 0 Å². The zero-order valence-corrected chi connectivity index (χ0v) is 16.8. The number of H-pyrrole nitrogens is 1. The highest BCUT2D eigenvalue weighted by molar-refractivity contribution is 6.00. The number of aromatic nitrogens is 1. The number of aromatic amines is 1. The van der Waals surface area contributed by atoms with Gasteiger partial charge in [-0.3, -0.25) is 9.69 Å². The summed E-state index contributed by atoms with van der Waals surface area (Å²) in [6.45, 7) is 2.78. The molecular formula is C22H24F3N3O2. The van der Waals surface area contributed by atoms with Crippen molar-refractivity contribution in [3.05, 3.63) is 41.6 Å². The summed E-state index contributed by atoms with van der Waals surface area (Å²) in [5.74, 6) is -0.726. The highest BCUT2D eigenvalue weighted by atomic mass is 19.4. The van der Waals surface area contributed by atoms with Crippen LogP contribution in [-0.2, 0) is 16.0 Å². The first-order chi connectivity index (χ1) is 14.3. The molecule has 0 bridgehead atoms. The third kappa shape index (κ3) is 3.13. The summed E-state index contributed by atoms with van der Waals surface area (Å²) >= 11 is 0. The van der Waals surface area contributed by atoms with E-state index >= 15 is 0 Å². The summed E-state index contributed by atoms with van der Waals surface area (Å²) in [5.41, 5.74) is 2.91. The van der Waals surface area contributed by atoms with Gasteiger partial charge in [0, 0.05) is 42.3 Å². The molecule has 1 saturated heterocycles. The number of halogens is 3. The summed E-state index contributed by atoms with van der Waals surface area (Å²) in [4.78, 5) is 19.6. The Morgan fingerprint density at radius 3 is 2.80 bits per heavy atom. The average Bonchev–Trinajstić information content (AvgIpc) is 3.12. The Labute approximate surface area is 172 Å². The lowest BCUT2D eigenvalue weighted by atomic mass is 9.71. The molecule has 3 aliphatic rings. The molecule has 0 radical (unpaired) electrons. The molecule has 160 valence electrons. The SMILES string of the molecule is CC12Cc3c[nH]c4cccc(c34)C1=C[C@@H](C(=O)N1CCOCC1)CN2CC(F)(F)F. The molecule has 0 saturated carbocycles. The third-order valence-electron chi connectivity index (χ3n) is 6.69. The minimum Gasteiger partial charge on any atom is -0.378 e. The first-order valence-corrected chi connectivity index (χ1v) is 10.3. The van der Waals surface area contributed by atoms with Gasteiger partial charge in [0.05, 0.1) is 25.7 Å². The zero-order valence-electron chi connectivity index (χ0n) is 16.8. The topological polar surface area (TPSA) is 48.6 Å². The van der Waals surface area contributed by atoms with Crippen LogP contribution < -0.4 is 0 Å². The van der Waals surface area contributed by atoms with Crippen molar-refractivity contribution < 1.29 is 22.7 Å². The number of benzene rings is 1. The van der Waals surface area contributed by atoms with Crippen LogP contribution in [0.25, 0.3) is 16.5 Å². The summed E-state index contributed by atoms with van der Waals surface area (Å²) in [5, 5.41) is 1.05. The lowest BCUT2D eigenvalue weighted by molar-refractivity contribution is -0.160. The lowest BCUT2D eigenvalue weighted by Gasteiger charge is -2.50. The molecule has 0 spiro atoms. The van der Waals surface area contributed by atoms with E-state index in [-0.39, 0.29) is 12.5 Å². The molecule has 5 nitrogen and oxygen atoms in total. The zero-order chi connectivity index (χ0) is 21.1. The van der Waals surface area contributed by atoms with Gasteiger partial charge in [0.2, 0.25) is 5.91 Å². The van der Waals surface area contributed by atoms with Crippen LogP contribution in [0.15, 0.2) is 30.5 Å². The summed E-state index contributed by atoms with van der Waals surface area (Å²) in [7, 11) is 0. The second-order valence-corrected chi connectivity index (χ2v) is 8.61. The van der Waals surface area contributed by atoms with E-state index in [2.05, 4.69) is 4.98 Å². The van der Waals surface area contributed by atoms with Gasteiger partial charge in [0.1, 0.15) is 0 Å². The van der Waals surface area contributed by atoms with Crippen LogP contribution in [0.2, 0.25) is 0 Å². The maximum absolute atomic E-state index is 13.5. The van der Waals surface area contributed by atoms with Crippen molar-refractivity contribution in [2.45, 2.75) is 25.1 Å². The second kappa shape index (κ2) is 6.85. The predicted octanol–water partition coefficient (Wildman–Crippen LogP) is 3.22. The molecule has 3 heterocycles. The number of nitrogens with zero attached hydrogens (tertiary/aromatic N) is 2. The summed E-state index contributed by atoms with van der Waals surface area (Å²) in [6, 6.07) is 5.83. The van der Waals surface area contributed by atoms with E-state index < -0.39 is 24.2 Å². The quantitative estimate of drug-likeness (QED) is 0.813. The number of morpholine rings is 1. The highest BCUT2D eigenvalue weighted by Gasteiger charge is 2.49. The first-order valence-electron chi connectivity index (χ1n) is 10.3. The first kappa shape index (κ1) is 19.6. The third-order valence-corrected chi connectivity index (χ3v) is 6.69. The van der Waals surface area contributed by atoms with Crippen LogP contribution in [0.1, 0.15) is 18.1 Å². The fraction of sp³-hybridized carbons (Fsp3) is 0.500. The Hall–Kier alpha value is -2.32. The van der Waals surface area contributed by atoms with Gasteiger partial charge in [0.15, 0.2) is 0 Å². The molecule has 1 amide bonds. The molecular weight excluding hydrogens is 395 g/mol. The summed E-state index contributed by atoms with van der Waals surface area (Å²) in [6.07, 6.45) is -0.0465. The van der Waals surface area contributed by atoms with Crippen LogP contribution in [-0.4, -0.2) is 71.8 Å². The maximum Gasteiger partial charge on any atom is 0.401 e. The van der Waals surface area contributed by atoms with Crippen molar-refractivity contribution in [1.29, 1.82) is 0 Å². The average molecular weight is 419 g/mol. The Balaban J connectivity index is 1.61. The van der Waals surface area contributed by atoms with Crippen LogP contribution in [0, 0.1) is 5.92 Å². The molecule has 30 heavy (non-hydrogen) atoms. The number of ether oxygens (including phenoxy) is 1. The number of hydrogen-bond donors (Lipinski definition) is 1. The molecule has 8 heteroatoms. The van der Waals surface area contributed by atoms with Gasteiger partial charge in [-0.1, -0.05) is 18.2 Å². The highest BCUT2D eigenvalue weighted by Crippen LogP contribution is 2.48. The molecule has 2 aromatic rings. The molecule has 2 aliphatic heterocycles. The van der Waals surface area contributed by atoms with E-state index in [1.165, 1.54) is 4.90 Å². The largest absolute Gasteiger partial charge is 0.401 e. The molecule has 1 aromatic carbocycles. The Morgan fingerprint density at radius 2 is 2.07 bits per heavy atom. The number of fused-ring (bicyclic) bond motifs is 2. The number of carbonyl (C=O) groups is 1. The minimum absolute atomic E-state index is 0.0609. The van der Waals surface area contributed by atoms with E-state index in [0.717, 1.165) is 27.6 Å². The molecule has 2 atom stereocenters. The molecule has 5 rings (SSSR count). The number of rotatable bonds is 2. The van der Waals surface area contributed by atoms with E-state index in [1.807, 2.05) is 37.4 Å². The van der Waals surface area contributed by atoms with Crippen LogP contribution >= 0.6 is 0 Å². The van der Waals surface area contributed by atoms with Crippen molar-refractivity contribution in [2.24, 2.45) is 5.92 Å². The van der Waals surface area contributed by atoms with Crippen molar-refractivity contribution >= 4 is 22.4 Å². The van der Waals surface area contributed by atoms with Gasteiger partial charge in [-0.05, 0) is 36.1 Å². The number of nitrogens with one attached hydrogen (secondary N) is 1. The fourth-order valence-electron chi connectivity index (χ4n) is 5.24. The van der Waals surface area contributed by atoms with Crippen molar-refractivity contribution in [3.63, 3.8) is 0 Å². The van der Waals surface area contributed by atoms with E-state index in [4.69, 9.17) is 4.74 Å². The second-order valence-electron chi connectivity index (χ2n) is 8.61. The predicted molar refractivity (Wildman–Crippen MR) is 107 cm³/mol. The van der Waals surface area contributed by atoms with Gasteiger partial charge in [-0.2, -0.15) is 13.2 Å². The van der Waals surface area contributed by atoms with Crippen molar-refractivity contribution in [1.82, 2.24) is 14.8 Å². The van der Waals surface area contributed by atoms with Gasteiger partial charge >= 0.3 is 6.18 Å². The number of amides is 1.